The molecule has 74 valence electrons. The summed E-state index contributed by atoms with van der Waals surface area (Å²) in [5, 5.41) is 10.8. The molecule has 0 saturated heterocycles. The van der Waals surface area contributed by atoms with Crippen LogP contribution in [-0.4, -0.2) is 4.92 Å². The summed E-state index contributed by atoms with van der Waals surface area (Å²) in [7, 11) is 0. The zero-order valence-electron chi connectivity index (χ0n) is 7.37. The van der Waals surface area contributed by atoms with Gasteiger partial charge in [0.05, 0.1) is 10.5 Å². The normalized spacial score (nSPS) is 19.4. The van der Waals surface area contributed by atoms with Gasteiger partial charge in [-0.15, -0.1) is 0 Å². The first-order chi connectivity index (χ1) is 6.61. The summed E-state index contributed by atoms with van der Waals surface area (Å²) in [6.07, 6.45) is 1.67. The van der Waals surface area contributed by atoms with Crippen LogP contribution in [0, 0.1) is 13.7 Å². The number of fused-ring (bicyclic) bond motifs is 1. The van der Waals surface area contributed by atoms with E-state index in [1.54, 1.807) is 12.1 Å². The Balaban J connectivity index is 2.66. The molecule has 0 fully saturated rings. The number of nitro benzene ring substituents is 1. The molecule has 1 aliphatic carbocycles. The van der Waals surface area contributed by atoms with Gasteiger partial charge in [0.2, 0.25) is 0 Å². The smallest absolute Gasteiger partial charge is 0.274 e. The summed E-state index contributed by atoms with van der Waals surface area (Å²) in [6.45, 7) is 0. The molecule has 0 saturated carbocycles. The van der Waals surface area contributed by atoms with Gasteiger partial charge in [0.25, 0.3) is 5.69 Å². The van der Waals surface area contributed by atoms with E-state index in [0.717, 1.165) is 27.5 Å². The average molecular weight is 304 g/mol. The monoisotopic (exact) mass is 304 g/mol. The number of rotatable bonds is 1. The fourth-order valence-electron chi connectivity index (χ4n) is 1.90. The fourth-order valence-corrected chi connectivity index (χ4v) is 2.64. The SMILES string of the molecule is NC1CCc2c(I)ccc([N+](=O)[O-])c21. The van der Waals surface area contributed by atoms with E-state index in [1.807, 2.05) is 0 Å². The van der Waals surface area contributed by atoms with Gasteiger partial charge in [-0.1, -0.05) is 0 Å². The minimum atomic E-state index is -0.347. The lowest BCUT2D eigenvalue weighted by Crippen LogP contribution is -2.08. The van der Waals surface area contributed by atoms with Crippen molar-refractivity contribution in [1.29, 1.82) is 0 Å². The van der Waals surface area contributed by atoms with Crippen LogP contribution in [0.15, 0.2) is 12.1 Å². The van der Waals surface area contributed by atoms with Gasteiger partial charge in [-0.05, 0) is 47.1 Å². The van der Waals surface area contributed by atoms with Crippen molar-refractivity contribution in [1.82, 2.24) is 0 Å². The van der Waals surface area contributed by atoms with Crippen molar-refractivity contribution < 1.29 is 4.92 Å². The molecule has 2 rings (SSSR count). The molecule has 5 heteroatoms. The lowest BCUT2D eigenvalue weighted by atomic mass is 10.1. The molecule has 0 radical (unpaired) electrons. The quantitative estimate of drug-likeness (QED) is 0.491. The molecule has 1 aromatic carbocycles. The Kier molecular flexibility index (Phi) is 2.44. The summed E-state index contributed by atoms with van der Waals surface area (Å²) in [5.74, 6) is 0. The second-order valence-corrected chi connectivity index (χ2v) is 4.52. The first kappa shape index (κ1) is 9.85. The molecule has 1 atom stereocenters. The average Bonchev–Trinajstić information content (AvgIpc) is 2.50. The molecule has 1 aromatic rings. The molecule has 0 bridgehead atoms. The van der Waals surface area contributed by atoms with E-state index in [0.29, 0.717) is 0 Å². The van der Waals surface area contributed by atoms with Crippen LogP contribution in [0.1, 0.15) is 23.6 Å². The predicted octanol–water partition coefficient (Wildman–Crippen LogP) is 2.15. The molecule has 14 heavy (non-hydrogen) atoms. The van der Waals surface area contributed by atoms with Gasteiger partial charge in [-0.2, -0.15) is 0 Å². The molecule has 4 nitrogen and oxygen atoms in total. The Bertz CT molecular complexity index is 406. The van der Waals surface area contributed by atoms with Crippen LogP contribution in [0.4, 0.5) is 5.69 Å². The number of nitrogens with two attached hydrogens (primary N) is 1. The lowest BCUT2D eigenvalue weighted by molar-refractivity contribution is -0.385. The summed E-state index contributed by atoms with van der Waals surface area (Å²) >= 11 is 2.20. The molecule has 0 spiro atoms. The van der Waals surface area contributed by atoms with Gasteiger partial charge >= 0.3 is 0 Å². The second kappa shape index (κ2) is 3.47. The summed E-state index contributed by atoms with van der Waals surface area (Å²) < 4.78 is 1.08. The highest BCUT2D eigenvalue weighted by Gasteiger charge is 2.29. The summed E-state index contributed by atoms with van der Waals surface area (Å²) in [4.78, 5) is 10.4. The fraction of sp³-hybridized carbons (Fsp3) is 0.333. The van der Waals surface area contributed by atoms with Crippen LogP contribution in [0.25, 0.3) is 0 Å². The van der Waals surface area contributed by atoms with Crippen molar-refractivity contribution in [3.63, 3.8) is 0 Å². The van der Waals surface area contributed by atoms with E-state index < -0.39 is 0 Å². The Morgan fingerprint density at radius 1 is 1.57 bits per heavy atom. The third-order valence-electron chi connectivity index (χ3n) is 2.55. The topological polar surface area (TPSA) is 69.2 Å². The van der Waals surface area contributed by atoms with Gasteiger partial charge in [0.1, 0.15) is 0 Å². The number of hydrogen-bond acceptors (Lipinski definition) is 3. The number of nitrogens with zero attached hydrogens (tertiary/aromatic N) is 1. The highest BCUT2D eigenvalue weighted by molar-refractivity contribution is 14.1. The number of halogens is 1. The maximum Gasteiger partial charge on any atom is 0.274 e. The van der Waals surface area contributed by atoms with Gasteiger partial charge in [0.15, 0.2) is 0 Å². The van der Waals surface area contributed by atoms with E-state index >= 15 is 0 Å². The van der Waals surface area contributed by atoms with Gasteiger partial charge in [-0.25, -0.2) is 0 Å². The minimum absolute atomic E-state index is 0.167. The molecule has 0 aliphatic heterocycles. The van der Waals surface area contributed by atoms with Gasteiger partial charge in [-0.3, -0.25) is 10.1 Å². The largest absolute Gasteiger partial charge is 0.324 e. The van der Waals surface area contributed by atoms with E-state index in [1.165, 1.54) is 0 Å². The van der Waals surface area contributed by atoms with Crippen molar-refractivity contribution in [2.45, 2.75) is 18.9 Å². The molecule has 2 N–H and O–H groups in total. The lowest BCUT2D eigenvalue weighted by Gasteiger charge is -2.06. The Morgan fingerprint density at radius 2 is 2.29 bits per heavy atom. The van der Waals surface area contributed by atoms with Crippen molar-refractivity contribution in [2.24, 2.45) is 5.73 Å². The predicted molar refractivity (Wildman–Crippen MR) is 61.1 cm³/mol. The maximum absolute atomic E-state index is 10.8. The summed E-state index contributed by atoms with van der Waals surface area (Å²) in [6, 6.07) is 3.17. The second-order valence-electron chi connectivity index (χ2n) is 3.36. The van der Waals surface area contributed by atoms with Crippen LogP contribution in [0.2, 0.25) is 0 Å². The Labute approximate surface area is 94.8 Å². The number of hydrogen-bond donors (Lipinski definition) is 1. The van der Waals surface area contributed by atoms with Crippen molar-refractivity contribution in [3.05, 3.63) is 36.9 Å². The van der Waals surface area contributed by atoms with Crippen molar-refractivity contribution in [2.75, 3.05) is 0 Å². The van der Waals surface area contributed by atoms with Crippen LogP contribution >= 0.6 is 22.6 Å². The Morgan fingerprint density at radius 3 is 2.93 bits per heavy atom. The first-order valence-electron chi connectivity index (χ1n) is 4.32. The van der Waals surface area contributed by atoms with Gasteiger partial charge < -0.3 is 5.73 Å². The van der Waals surface area contributed by atoms with E-state index in [9.17, 15) is 10.1 Å². The molecule has 1 unspecified atom stereocenters. The summed E-state index contributed by atoms with van der Waals surface area (Å²) in [5.41, 5.74) is 7.82. The van der Waals surface area contributed by atoms with E-state index in [-0.39, 0.29) is 16.7 Å². The van der Waals surface area contributed by atoms with E-state index in [2.05, 4.69) is 22.6 Å². The Hall–Kier alpha value is -0.690. The molecule has 1 aliphatic rings. The van der Waals surface area contributed by atoms with Crippen LogP contribution < -0.4 is 5.73 Å². The molecule has 0 amide bonds. The molecule has 0 aromatic heterocycles. The highest BCUT2D eigenvalue weighted by Crippen LogP contribution is 2.38. The molecule has 0 heterocycles. The molecular weight excluding hydrogens is 295 g/mol. The third kappa shape index (κ3) is 1.40. The maximum atomic E-state index is 10.8. The van der Waals surface area contributed by atoms with Gasteiger partial charge in [0, 0.05) is 15.7 Å². The third-order valence-corrected chi connectivity index (χ3v) is 3.56. The minimum Gasteiger partial charge on any atom is -0.324 e. The zero-order chi connectivity index (χ0) is 10.3. The molecular formula is C9H9IN2O2. The number of nitro groups is 1. The highest BCUT2D eigenvalue weighted by atomic mass is 127. The van der Waals surface area contributed by atoms with Crippen molar-refractivity contribution >= 4 is 28.3 Å². The van der Waals surface area contributed by atoms with Crippen LogP contribution in [0.5, 0.6) is 0 Å². The van der Waals surface area contributed by atoms with Crippen LogP contribution in [0.3, 0.4) is 0 Å². The standard InChI is InChI=1S/C9H9IN2O2/c10-6-2-4-8(12(13)14)9-5(6)1-3-7(9)11/h2,4,7H,1,3,11H2. The number of benzene rings is 1. The van der Waals surface area contributed by atoms with Crippen LogP contribution in [-0.2, 0) is 6.42 Å². The zero-order valence-corrected chi connectivity index (χ0v) is 9.52. The van der Waals surface area contributed by atoms with Crippen molar-refractivity contribution in [3.8, 4) is 0 Å². The van der Waals surface area contributed by atoms with E-state index in [4.69, 9.17) is 5.73 Å². The first-order valence-corrected chi connectivity index (χ1v) is 5.40.